The molecule has 2 bridgehead atoms. The monoisotopic (exact) mass is 475 g/mol. The molecular formula is C24H26ClNO5S. The minimum Gasteiger partial charge on any atom is -0.454 e. The van der Waals surface area contributed by atoms with Gasteiger partial charge in [0.05, 0.1) is 5.41 Å². The molecule has 5 rings (SSSR count). The van der Waals surface area contributed by atoms with Crippen LogP contribution in [-0.4, -0.2) is 29.7 Å². The van der Waals surface area contributed by atoms with Gasteiger partial charge in [0.2, 0.25) is 6.79 Å². The van der Waals surface area contributed by atoms with Crippen LogP contribution in [0.1, 0.15) is 39.2 Å². The van der Waals surface area contributed by atoms with E-state index in [1.54, 1.807) is 17.8 Å². The zero-order chi connectivity index (χ0) is 22.7. The Kier molecular flexibility index (Phi) is 5.07. The van der Waals surface area contributed by atoms with Gasteiger partial charge < -0.3 is 24.6 Å². The molecule has 0 radical (unpaired) electrons. The van der Waals surface area contributed by atoms with E-state index in [1.165, 1.54) is 0 Å². The summed E-state index contributed by atoms with van der Waals surface area (Å²) in [5.74, 6) is 1.74. The third kappa shape index (κ3) is 3.01. The molecule has 0 aromatic heterocycles. The van der Waals surface area contributed by atoms with Crippen LogP contribution in [-0.2, 0) is 15.3 Å². The molecule has 0 amide bonds. The number of hydrogen-bond donors (Lipinski definition) is 2. The molecule has 0 spiro atoms. The lowest BCUT2D eigenvalue weighted by Gasteiger charge is -2.40. The number of benzene rings is 2. The van der Waals surface area contributed by atoms with Crippen molar-refractivity contribution < 1.29 is 24.1 Å². The molecule has 32 heavy (non-hydrogen) atoms. The largest absolute Gasteiger partial charge is 0.454 e. The molecule has 1 saturated carbocycles. The van der Waals surface area contributed by atoms with Gasteiger partial charge in [0, 0.05) is 32.8 Å². The van der Waals surface area contributed by atoms with Crippen LogP contribution in [0, 0.1) is 10.8 Å². The highest BCUT2D eigenvalue weighted by atomic mass is 35.5. The number of carbonyl (C=O) groups is 1. The van der Waals surface area contributed by atoms with Crippen molar-refractivity contribution >= 4 is 35.0 Å². The number of thioether (sulfide) groups is 1. The zero-order valence-corrected chi connectivity index (χ0v) is 19.8. The summed E-state index contributed by atoms with van der Waals surface area (Å²) in [7, 11) is 0. The van der Waals surface area contributed by atoms with Gasteiger partial charge >= 0.3 is 5.97 Å². The van der Waals surface area contributed by atoms with Gasteiger partial charge in [-0.25, -0.2) is 0 Å². The molecule has 1 saturated heterocycles. The average molecular weight is 476 g/mol. The number of aliphatic hydroxyl groups is 1. The van der Waals surface area contributed by atoms with Crippen LogP contribution in [0.4, 0.5) is 5.69 Å². The first-order valence-corrected chi connectivity index (χ1v) is 12.0. The second-order valence-corrected chi connectivity index (χ2v) is 10.8. The van der Waals surface area contributed by atoms with Crippen molar-refractivity contribution in [3.8, 4) is 11.5 Å². The van der Waals surface area contributed by atoms with Crippen molar-refractivity contribution in [1.29, 1.82) is 0 Å². The molecule has 8 heteroatoms. The quantitative estimate of drug-likeness (QED) is 0.337. The Balaban J connectivity index is 1.35. The van der Waals surface area contributed by atoms with Crippen LogP contribution in [0.5, 0.6) is 11.5 Å². The fraction of sp³-hybridized carbons (Fsp3) is 0.458. The zero-order valence-electron chi connectivity index (χ0n) is 18.2. The number of anilines is 1. The molecule has 2 heterocycles. The highest BCUT2D eigenvalue weighted by Gasteiger charge is 2.75. The number of rotatable bonds is 6. The van der Waals surface area contributed by atoms with E-state index in [9.17, 15) is 9.90 Å². The van der Waals surface area contributed by atoms with E-state index in [0.717, 1.165) is 16.1 Å². The average Bonchev–Trinajstić information content (AvgIpc) is 3.33. The number of aliphatic hydroxyl groups excluding tert-OH is 1. The molecule has 2 aromatic carbocycles. The number of para-hydroxylation sites is 1. The van der Waals surface area contributed by atoms with E-state index in [0.29, 0.717) is 35.1 Å². The Morgan fingerprint density at radius 3 is 2.56 bits per heavy atom. The van der Waals surface area contributed by atoms with Crippen LogP contribution in [0.15, 0.2) is 41.3 Å². The molecule has 2 aliphatic heterocycles. The van der Waals surface area contributed by atoms with Crippen LogP contribution in [0.3, 0.4) is 0 Å². The minimum atomic E-state index is -1.03. The predicted molar refractivity (Wildman–Crippen MR) is 123 cm³/mol. The summed E-state index contributed by atoms with van der Waals surface area (Å²) in [6.07, 6.45) is 0.302. The van der Waals surface area contributed by atoms with Crippen LogP contribution in [0.2, 0.25) is 5.02 Å². The fourth-order valence-electron chi connectivity index (χ4n) is 5.08. The van der Waals surface area contributed by atoms with Crippen molar-refractivity contribution in [3.05, 3.63) is 47.0 Å². The topological polar surface area (TPSA) is 77.0 Å². The van der Waals surface area contributed by atoms with Gasteiger partial charge in [-0.2, -0.15) is 0 Å². The highest BCUT2D eigenvalue weighted by Crippen LogP contribution is 2.66. The van der Waals surface area contributed by atoms with Gasteiger partial charge in [0.1, 0.15) is 0 Å². The van der Waals surface area contributed by atoms with Crippen LogP contribution in [0.25, 0.3) is 0 Å². The van der Waals surface area contributed by atoms with E-state index in [2.05, 4.69) is 5.32 Å². The van der Waals surface area contributed by atoms with Gasteiger partial charge in [-0.05, 0) is 43.5 Å². The van der Waals surface area contributed by atoms with Crippen molar-refractivity contribution in [2.75, 3.05) is 12.1 Å². The SMILES string of the molecule is CC12CCC(C(O)Nc3ccccc3SCc3cc4c(cc3Cl)OCO4)(OC1=O)C2(C)C. The van der Waals surface area contributed by atoms with Gasteiger partial charge in [0.15, 0.2) is 23.3 Å². The van der Waals surface area contributed by atoms with Crippen LogP contribution >= 0.6 is 23.4 Å². The molecule has 3 aliphatic rings. The standard InChI is InChI=1S/C24H26ClNO5S/c1-22(2)23(3)8-9-24(22,31-21(23)28)20(27)26-16-6-4-5-7-19(16)32-12-14-10-17-18(11-15(14)25)30-13-29-17/h4-7,10-11,20,26-27H,8-9,12-13H2,1-3H3. The maximum absolute atomic E-state index is 12.6. The molecule has 2 fully saturated rings. The maximum atomic E-state index is 12.6. The molecule has 6 nitrogen and oxygen atoms in total. The summed E-state index contributed by atoms with van der Waals surface area (Å²) in [5.41, 5.74) is -0.320. The smallest absolute Gasteiger partial charge is 0.313 e. The van der Waals surface area contributed by atoms with Crippen molar-refractivity contribution in [3.63, 3.8) is 0 Å². The molecular weight excluding hydrogens is 450 g/mol. The number of esters is 1. The number of carbonyl (C=O) groups excluding carboxylic acids is 1. The Morgan fingerprint density at radius 1 is 1.16 bits per heavy atom. The van der Waals surface area contributed by atoms with Gasteiger partial charge in [-0.3, -0.25) is 4.79 Å². The Labute approximate surface area is 196 Å². The first-order chi connectivity index (χ1) is 15.2. The van der Waals surface area contributed by atoms with E-state index >= 15 is 0 Å². The molecule has 1 aliphatic carbocycles. The second-order valence-electron chi connectivity index (χ2n) is 9.36. The molecule has 170 valence electrons. The summed E-state index contributed by atoms with van der Waals surface area (Å²) in [5, 5.41) is 15.1. The van der Waals surface area contributed by atoms with Crippen molar-refractivity contribution in [1.82, 2.24) is 0 Å². The van der Waals surface area contributed by atoms with Crippen LogP contribution < -0.4 is 14.8 Å². The number of fused-ring (bicyclic) bond motifs is 3. The van der Waals surface area contributed by atoms with E-state index in [1.807, 2.05) is 51.1 Å². The third-order valence-corrected chi connectivity index (χ3v) is 9.18. The van der Waals surface area contributed by atoms with Gasteiger partial charge in [-0.15, -0.1) is 11.8 Å². The van der Waals surface area contributed by atoms with E-state index < -0.39 is 22.7 Å². The predicted octanol–water partition coefficient (Wildman–Crippen LogP) is 5.21. The third-order valence-electron chi connectivity index (χ3n) is 7.70. The Bertz CT molecular complexity index is 1090. The number of ether oxygens (including phenoxy) is 3. The normalized spacial score (nSPS) is 28.0. The first-order valence-electron chi connectivity index (χ1n) is 10.7. The Hall–Kier alpha value is -2.09. The summed E-state index contributed by atoms with van der Waals surface area (Å²) >= 11 is 8.03. The van der Waals surface area contributed by atoms with E-state index in [-0.39, 0.29) is 12.8 Å². The Morgan fingerprint density at radius 2 is 1.88 bits per heavy atom. The van der Waals surface area contributed by atoms with Crippen molar-refractivity contribution in [2.24, 2.45) is 10.8 Å². The molecule has 2 aromatic rings. The maximum Gasteiger partial charge on any atom is 0.313 e. The molecule has 3 unspecified atom stereocenters. The molecule has 3 atom stereocenters. The van der Waals surface area contributed by atoms with E-state index in [4.69, 9.17) is 25.8 Å². The summed E-state index contributed by atoms with van der Waals surface area (Å²) in [4.78, 5) is 13.5. The summed E-state index contributed by atoms with van der Waals surface area (Å²) in [6, 6.07) is 11.5. The minimum absolute atomic E-state index is 0.203. The van der Waals surface area contributed by atoms with Gasteiger partial charge in [0.25, 0.3) is 0 Å². The summed E-state index contributed by atoms with van der Waals surface area (Å²) < 4.78 is 16.7. The number of halogens is 1. The van der Waals surface area contributed by atoms with Crippen molar-refractivity contribution in [2.45, 2.75) is 56.1 Å². The number of nitrogens with one attached hydrogen (secondary N) is 1. The molecule has 2 N–H and O–H groups in total. The lowest BCUT2D eigenvalue weighted by molar-refractivity contribution is -0.170. The fourth-order valence-corrected chi connectivity index (χ4v) is 6.38. The highest BCUT2D eigenvalue weighted by molar-refractivity contribution is 7.98. The number of hydrogen-bond acceptors (Lipinski definition) is 7. The lowest BCUT2D eigenvalue weighted by atomic mass is 9.66. The second kappa shape index (κ2) is 7.47. The van der Waals surface area contributed by atoms with Gasteiger partial charge in [-0.1, -0.05) is 37.6 Å². The lowest BCUT2D eigenvalue weighted by Crippen LogP contribution is -2.53. The summed E-state index contributed by atoms with van der Waals surface area (Å²) in [6.45, 7) is 6.17. The first kappa shape index (κ1) is 21.7.